The van der Waals surface area contributed by atoms with Gasteiger partial charge in [0.25, 0.3) is 0 Å². The van der Waals surface area contributed by atoms with Gasteiger partial charge in [-0.3, -0.25) is 0 Å². The highest BCUT2D eigenvalue weighted by atomic mass is 32.2. The van der Waals surface area contributed by atoms with Crippen molar-refractivity contribution in [2.24, 2.45) is 0 Å². The lowest BCUT2D eigenvalue weighted by Gasteiger charge is -2.11. The lowest BCUT2D eigenvalue weighted by atomic mass is 10.2. The lowest BCUT2D eigenvalue weighted by Crippen LogP contribution is -2.14. The van der Waals surface area contributed by atoms with E-state index in [1.54, 1.807) is 12.1 Å². The zero-order chi connectivity index (χ0) is 15.2. The molecule has 21 heavy (non-hydrogen) atoms. The summed E-state index contributed by atoms with van der Waals surface area (Å²) in [6.07, 6.45) is 0.969. The predicted octanol–water partition coefficient (Wildman–Crippen LogP) is 4.75. The molecule has 0 saturated carbocycles. The number of rotatable bonds is 6. The van der Waals surface area contributed by atoms with Gasteiger partial charge in [0.2, 0.25) is 0 Å². The fourth-order valence-corrected chi connectivity index (χ4v) is 2.87. The minimum Gasteiger partial charge on any atom is -0.313 e. The molecule has 1 N–H and O–H groups in total. The van der Waals surface area contributed by atoms with Gasteiger partial charge >= 0.3 is 0 Å². The average molecular weight is 311 g/mol. The summed E-state index contributed by atoms with van der Waals surface area (Å²) in [4.78, 5) is 0.405. The van der Waals surface area contributed by atoms with Crippen LogP contribution in [-0.2, 0) is 6.54 Å². The van der Waals surface area contributed by atoms with Crippen LogP contribution in [0.5, 0.6) is 0 Å². The van der Waals surface area contributed by atoms with Gasteiger partial charge in [0.15, 0.2) is 0 Å². The van der Waals surface area contributed by atoms with E-state index in [0.29, 0.717) is 11.4 Å². The maximum atomic E-state index is 14.0. The molecule has 0 fully saturated rings. The van der Waals surface area contributed by atoms with E-state index >= 15 is 0 Å². The van der Waals surface area contributed by atoms with Crippen molar-refractivity contribution in [3.05, 3.63) is 59.4 Å². The van der Waals surface area contributed by atoms with Gasteiger partial charge in [-0.15, -0.1) is 0 Å². The smallest absolute Gasteiger partial charge is 0.137 e. The molecule has 0 bridgehead atoms. The summed E-state index contributed by atoms with van der Waals surface area (Å²) in [5.41, 5.74) is 0.733. The third kappa shape index (κ3) is 4.25. The molecule has 0 amide bonds. The van der Waals surface area contributed by atoms with Crippen LogP contribution < -0.4 is 5.32 Å². The zero-order valence-corrected chi connectivity index (χ0v) is 12.4. The van der Waals surface area contributed by atoms with Crippen LogP contribution in [0.2, 0.25) is 0 Å². The number of hydrogen-bond acceptors (Lipinski definition) is 2. The first-order valence-corrected chi connectivity index (χ1v) is 7.54. The Morgan fingerprint density at radius 1 is 1.05 bits per heavy atom. The van der Waals surface area contributed by atoms with Crippen LogP contribution in [0.3, 0.4) is 0 Å². The zero-order valence-electron chi connectivity index (χ0n) is 11.6. The molecular weight excluding hydrogens is 295 g/mol. The van der Waals surface area contributed by atoms with Gasteiger partial charge in [0.05, 0.1) is 9.79 Å². The van der Waals surface area contributed by atoms with E-state index in [-0.39, 0.29) is 4.90 Å². The van der Waals surface area contributed by atoms with Gasteiger partial charge in [-0.25, -0.2) is 13.2 Å². The normalized spacial score (nSPS) is 10.9. The fourth-order valence-electron chi connectivity index (χ4n) is 1.87. The summed E-state index contributed by atoms with van der Waals surface area (Å²) in [7, 11) is 0. The highest BCUT2D eigenvalue weighted by molar-refractivity contribution is 7.99. The minimum atomic E-state index is -0.558. The van der Waals surface area contributed by atoms with Crippen molar-refractivity contribution in [2.45, 2.75) is 29.7 Å². The predicted molar refractivity (Wildman–Crippen MR) is 78.9 cm³/mol. The largest absolute Gasteiger partial charge is 0.313 e. The van der Waals surface area contributed by atoms with E-state index in [1.807, 2.05) is 6.92 Å². The Morgan fingerprint density at radius 2 is 1.86 bits per heavy atom. The van der Waals surface area contributed by atoms with Crippen molar-refractivity contribution in [3.8, 4) is 0 Å². The van der Waals surface area contributed by atoms with Crippen molar-refractivity contribution in [1.82, 2.24) is 5.32 Å². The van der Waals surface area contributed by atoms with Gasteiger partial charge < -0.3 is 5.32 Å². The van der Waals surface area contributed by atoms with Crippen LogP contribution in [0.4, 0.5) is 13.2 Å². The van der Waals surface area contributed by atoms with Gasteiger partial charge in [-0.2, -0.15) is 0 Å². The molecule has 0 aromatic heterocycles. The van der Waals surface area contributed by atoms with E-state index in [1.165, 1.54) is 6.07 Å². The third-order valence-corrected chi connectivity index (χ3v) is 4.09. The first-order chi connectivity index (χ1) is 10.1. The average Bonchev–Trinajstić information content (AvgIpc) is 2.46. The first kappa shape index (κ1) is 15.9. The minimum absolute atomic E-state index is 0.0804. The summed E-state index contributed by atoms with van der Waals surface area (Å²) in [5.74, 6) is -1.53. The van der Waals surface area contributed by atoms with Crippen molar-refractivity contribution in [3.63, 3.8) is 0 Å². The van der Waals surface area contributed by atoms with Gasteiger partial charge in [-0.05, 0) is 42.8 Å². The van der Waals surface area contributed by atoms with Crippen molar-refractivity contribution in [1.29, 1.82) is 0 Å². The van der Waals surface area contributed by atoms with E-state index in [4.69, 9.17) is 0 Å². The quantitative estimate of drug-likeness (QED) is 0.772. The van der Waals surface area contributed by atoms with Crippen LogP contribution in [0.1, 0.15) is 18.9 Å². The molecular formula is C16H16F3NS. The molecule has 112 valence electrons. The topological polar surface area (TPSA) is 12.0 Å². The first-order valence-electron chi connectivity index (χ1n) is 6.73. The van der Waals surface area contributed by atoms with Crippen molar-refractivity contribution < 1.29 is 13.2 Å². The molecule has 0 unspecified atom stereocenters. The Labute approximate surface area is 126 Å². The Hall–Kier alpha value is -1.46. The maximum Gasteiger partial charge on any atom is 0.137 e. The molecule has 1 nitrogen and oxygen atoms in total. The van der Waals surface area contributed by atoms with E-state index < -0.39 is 17.5 Å². The standard InChI is InChI=1S/C16H16F3NS/c1-2-8-20-10-11-4-3-5-14(19)16(11)21-15-9-12(17)6-7-13(15)18/h3-7,9,20H,2,8,10H2,1H3. The molecule has 0 aliphatic carbocycles. The molecule has 0 radical (unpaired) electrons. The van der Waals surface area contributed by atoms with Crippen LogP contribution >= 0.6 is 11.8 Å². The molecule has 5 heteroatoms. The third-order valence-electron chi connectivity index (χ3n) is 2.90. The van der Waals surface area contributed by atoms with E-state index in [0.717, 1.165) is 48.5 Å². The van der Waals surface area contributed by atoms with Gasteiger partial charge in [0, 0.05) is 6.54 Å². The lowest BCUT2D eigenvalue weighted by molar-refractivity contribution is 0.574. The monoisotopic (exact) mass is 311 g/mol. The second-order valence-electron chi connectivity index (χ2n) is 4.58. The van der Waals surface area contributed by atoms with E-state index in [2.05, 4.69) is 5.32 Å². The number of hydrogen-bond donors (Lipinski definition) is 1. The fraction of sp³-hybridized carbons (Fsp3) is 0.250. The summed E-state index contributed by atoms with van der Waals surface area (Å²) in [5, 5.41) is 3.18. The second kappa shape index (κ2) is 7.52. The van der Waals surface area contributed by atoms with Crippen LogP contribution in [-0.4, -0.2) is 6.54 Å². The summed E-state index contributed by atoms with van der Waals surface area (Å²) in [6, 6.07) is 7.89. The van der Waals surface area contributed by atoms with Crippen LogP contribution in [0.25, 0.3) is 0 Å². The highest BCUT2D eigenvalue weighted by Crippen LogP contribution is 2.34. The Balaban J connectivity index is 2.27. The van der Waals surface area contributed by atoms with Crippen molar-refractivity contribution >= 4 is 11.8 Å². The van der Waals surface area contributed by atoms with Crippen LogP contribution in [0, 0.1) is 17.5 Å². The molecule has 2 aromatic carbocycles. The van der Waals surface area contributed by atoms with Crippen molar-refractivity contribution in [2.75, 3.05) is 6.54 Å². The molecule has 0 saturated heterocycles. The van der Waals surface area contributed by atoms with E-state index in [9.17, 15) is 13.2 Å². The SMILES string of the molecule is CCCNCc1cccc(F)c1Sc1cc(F)ccc1F. The Kier molecular flexibility index (Phi) is 5.70. The molecule has 0 aliphatic rings. The molecule has 0 atom stereocenters. The van der Waals surface area contributed by atoms with Gasteiger partial charge in [-0.1, -0.05) is 30.8 Å². The van der Waals surface area contributed by atoms with Gasteiger partial charge in [0.1, 0.15) is 17.5 Å². The summed E-state index contributed by atoms with van der Waals surface area (Å²) < 4.78 is 40.9. The molecule has 0 aliphatic heterocycles. The highest BCUT2D eigenvalue weighted by Gasteiger charge is 2.13. The van der Waals surface area contributed by atoms with Crippen LogP contribution in [0.15, 0.2) is 46.2 Å². The number of nitrogens with one attached hydrogen (secondary N) is 1. The molecule has 2 rings (SSSR count). The summed E-state index contributed by atoms with van der Waals surface area (Å²) >= 11 is 0.910. The molecule has 2 aromatic rings. The summed E-state index contributed by atoms with van der Waals surface area (Å²) in [6.45, 7) is 3.34. The molecule has 0 spiro atoms. The Morgan fingerprint density at radius 3 is 2.62 bits per heavy atom. The molecule has 0 heterocycles. The number of benzene rings is 2. The maximum absolute atomic E-state index is 14.0. The Bertz CT molecular complexity index is 616. The number of halogens is 3. The second-order valence-corrected chi connectivity index (χ2v) is 5.63.